The van der Waals surface area contributed by atoms with Gasteiger partial charge in [0.05, 0.1) is 5.69 Å². The van der Waals surface area contributed by atoms with Crippen molar-refractivity contribution in [3.05, 3.63) is 35.9 Å². The third-order valence-corrected chi connectivity index (χ3v) is 1.58. The number of benzene rings is 1. The van der Waals surface area contributed by atoms with Crippen molar-refractivity contribution in [1.82, 2.24) is 0 Å². The summed E-state index contributed by atoms with van der Waals surface area (Å²) >= 11 is 0. The fourth-order valence-electron chi connectivity index (χ4n) is 0.982. The summed E-state index contributed by atoms with van der Waals surface area (Å²) in [6.45, 7) is 5.72. The normalized spacial score (nSPS) is 9.27. The number of aryl methyl sites for hydroxylation is 1. The zero-order valence-corrected chi connectivity index (χ0v) is 6.59. The van der Waals surface area contributed by atoms with Crippen LogP contribution in [-0.2, 0) is 0 Å². The van der Waals surface area contributed by atoms with Gasteiger partial charge in [0.15, 0.2) is 0 Å². The Kier molecular flexibility index (Phi) is 2.28. The van der Waals surface area contributed by atoms with Gasteiger partial charge in [-0.15, -0.1) is 0 Å². The van der Waals surface area contributed by atoms with Gasteiger partial charge >= 0.3 is 0 Å². The molecule has 0 saturated heterocycles. The highest BCUT2D eigenvalue weighted by Crippen LogP contribution is 2.16. The summed E-state index contributed by atoms with van der Waals surface area (Å²) < 4.78 is 0. The van der Waals surface area contributed by atoms with Crippen LogP contribution in [-0.4, -0.2) is 0 Å². The van der Waals surface area contributed by atoms with Crippen molar-refractivity contribution in [1.29, 1.82) is 0 Å². The van der Waals surface area contributed by atoms with Crippen molar-refractivity contribution >= 4 is 11.8 Å². The van der Waals surface area contributed by atoms with Crippen molar-refractivity contribution in [2.24, 2.45) is 5.84 Å². The van der Waals surface area contributed by atoms with E-state index in [1.165, 1.54) is 5.56 Å². The summed E-state index contributed by atoms with van der Waals surface area (Å²) in [4.78, 5) is 0. The summed E-state index contributed by atoms with van der Waals surface area (Å²) in [7, 11) is 0. The van der Waals surface area contributed by atoms with Gasteiger partial charge in [-0.3, -0.25) is 5.84 Å². The third kappa shape index (κ3) is 1.59. The van der Waals surface area contributed by atoms with Gasteiger partial charge in [-0.1, -0.05) is 24.3 Å². The van der Waals surface area contributed by atoms with Gasteiger partial charge in [-0.05, 0) is 24.6 Å². The van der Waals surface area contributed by atoms with Gasteiger partial charge in [0.1, 0.15) is 0 Å². The summed E-state index contributed by atoms with van der Waals surface area (Å²) in [5.74, 6) is 5.28. The quantitative estimate of drug-likeness (QED) is 0.496. The zero-order valence-electron chi connectivity index (χ0n) is 6.59. The Hall–Kier alpha value is -1.28. The van der Waals surface area contributed by atoms with Crippen LogP contribution in [0, 0.1) is 6.92 Å². The first-order valence-electron chi connectivity index (χ1n) is 3.47. The minimum absolute atomic E-state index is 0.908. The number of anilines is 1. The third-order valence-electron chi connectivity index (χ3n) is 1.58. The molecular formula is C9H12N2. The highest BCUT2D eigenvalue weighted by atomic mass is 15.2. The maximum Gasteiger partial charge on any atom is 0.0557 e. The van der Waals surface area contributed by atoms with E-state index >= 15 is 0 Å². The number of nitrogen functional groups attached to an aromatic ring is 1. The predicted octanol–water partition coefficient (Wildman–Crippen LogP) is 1.92. The molecule has 1 rings (SSSR count). The number of hydrogen-bond donors (Lipinski definition) is 2. The van der Waals surface area contributed by atoms with E-state index in [-0.39, 0.29) is 0 Å². The van der Waals surface area contributed by atoms with Crippen molar-refractivity contribution in [2.75, 3.05) is 5.43 Å². The first kappa shape index (κ1) is 7.82. The maximum absolute atomic E-state index is 5.28. The van der Waals surface area contributed by atoms with E-state index < -0.39 is 0 Å². The van der Waals surface area contributed by atoms with Gasteiger partial charge in [-0.2, -0.15) is 0 Å². The first-order chi connectivity index (χ1) is 5.27. The van der Waals surface area contributed by atoms with E-state index in [4.69, 9.17) is 5.84 Å². The van der Waals surface area contributed by atoms with E-state index in [2.05, 4.69) is 12.0 Å². The lowest BCUT2D eigenvalue weighted by Crippen LogP contribution is -2.07. The lowest BCUT2D eigenvalue weighted by Gasteiger charge is -2.04. The molecule has 0 radical (unpaired) electrons. The van der Waals surface area contributed by atoms with Crippen LogP contribution in [0.15, 0.2) is 24.8 Å². The molecule has 0 unspecified atom stereocenters. The van der Waals surface area contributed by atoms with Crippen LogP contribution in [0.1, 0.15) is 11.1 Å². The second kappa shape index (κ2) is 3.21. The predicted molar refractivity (Wildman–Crippen MR) is 49.1 cm³/mol. The monoisotopic (exact) mass is 148 g/mol. The number of hydrazine groups is 1. The Morgan fingerprint density at radius 2 is 2.27 bits per heavy atom. The Bertz CT molecular complexity index is 266. The highest BCUT2D eigenvalue weighted by Gasteiger charge is 1.95. The smallest absolute Gasteiger partial charge is 0.0557 e. The summed E-state index contributed by atoms with van der Waals surface area (Å²) in [6, 6.07) is 5.97. The molecule has 11 heavy (non-hydrogen) atoms. The van der Waals surface area contributed by atoms with Gasteiger partial charge < -0.3 is 5.43 Å². The molecule has 0 amide bonds. The molecule has 58 valence electrons. The molecule has 0 heterocycles. The van der Waals surface area contributed by atoms with Crippen molar-refractivity contribution in [2.45, 2.75) is 6.92 Å². The van der Waals surface area contributed by atoms with Crippen LogP contribution in [0.2, 0.25) is 0 Å². The number of nitrogens with two attached hydrogens (primary N) is 1. The topological polar surface area (TPSA) is 38.0 Å². The van der Waals surface area contributed by atoms with E-state index in [1.54, 1.807) is 6.08 Å². The average molecular weight is 148 g/mol. The van der Waals surface area contributed by atoms with Crippen LogP contribution >= 0.6 is 0 Å². The summed E-state index contributed by atoms with van der Waals surface area (Å²) in [5.41, 5.74) is 5.75. The van der Waals surface area contributed by atoms with Crippen molar-refractivity contribution in [3.8, 4) is 0 Å². The molecule has 0 atom stereocenters. The first-order valence-corrected chi connectivity index (χ1v) is 3.47. The number of rotatable bonds is 2. The second-order valence-electron chi connectivity index (χ2n) is 2.44. The van der Waals surface area contributed by atoms with E-state index in [0.717, 1.165) is 11.3 Å². The van der Waals surface area contributed by atoms with Crippen LogP contribution in [0.3, 0.4) is 0 Å². The van der Waals surface area contributed by atoms with Gasteiger partial charge in [-0.25, -0.2) is 0 Å². The fourth-order valence-corrected chi connectivity index (χ4v) is 0.982. The molecule has 0 aliphatic carbocycles. The molecule has 0 aliphatic heterocycles. The molecular weight excluding hydrogens is 136 g/mol. The Morgan fingerprint density at radius 1 is 1.55 bits per heavy atom. The molecule has 1 aromatic carbocycles. The molecule has 0 spiro atoms. The van der Waals surface area contributed by atoms with E-state index in [9.17, 15) is 0 Å². The van der Waals surface area contributed by atoms with Crippen molar-refractivity contribution in [3.63, 3.8) is 0 Å². The molecule has 0 aliphatic rings. The minimum atomic E-state index is 0.908. The summed E-state index contributed by atoms with van der Waals surface area (Å²) in [6.07, 6.45) is 1.78. The van der Waals surface area contributed by atoms with Crippen LogP contribution in [0.4, 0.5) is 5.69 Å². The lowest BCUT2D eigenvalue weighted by atomic mass is 10.1. The van der Waals surface area contributed by atoms with Gasteiger partial charge in [0.2, 0.25) is 0 Å². The van der Waals surface area contributed by atoms with Crippen LogP contribution < -0.4 is 11.3 Å². The SMILES string of the molecule is C=Cc1cc(C)ccc1NN. The molecule has 1 aromatic rings. The highest BCUT2D eigenvalue weighted by molar-refractivity contribution is 5.65. The average Bonchev–Trinajstić information content (AvgIpc) is 2.04. The molecule has 0 aromatic heterocycles. The fraction of sp³-hybridized carbons (Fsp3) is 0.111. The van der Waals surface area contributed by atoms with Crippen LogP contribution in [0.5, 0.6) is 0 Å². The Balaban J connectivity index is 3.16. The molecule has 2 heteroatoms. The summed E-state index contributed by atoms with van der Waals surface area (Å²) in [5, 5.41) is 0. The maximum atomic E-state index is 5.28. The molecule has 0 saturated carbocycles. The standard InChI is InChI=1S/C9H12N2/c1-3-8-6-7(2)4-5-9(8)11-10/h3-6,11H,1,10H2,2H3. The largest absolute Gasteiger partial charge is 0.324 e. The molecule has 0 bridgehead atoms. The van der Waals surface area contributed by atoms with Gasteiger partial charge in [0, 0.05) is 0 Å². The molecule has 3 N–H and O–H groups in total. The number of nitrogens with one attached hydrogen (secondary N) is 1. The van der Waals surface area contributed by atoms with E-state index in [1.807, 2.05) is 25.1 Å². The molecule has 2 nitrogen and oxygen atoms in total. The van der Waals surface area contributed by atoms with Gasteiger partial charge in [0.25, 0.3) is 0 Å². The van der Waals surface area contributed by atoms with E-state index in [0.29, 0.717) is 0 Å². The second-order valence-corrected chi connectivity index (χ2v) is 2.44. The molecule has 0 fully saturated rings. The lowest BCUT2D eigenvalue weighted by molar-refractivity contribution is 1.33. The Labute approximate surface area is 66.7 Å². The van der Waals surface area contributed by atoms with Crippen LogP contribution in [0.25, 0.3) is 6.08 Å². The number of hydrogen-bond acceptors (Lipinski definition) is 2. The van der Waals surface area contributed by atoms with Crippen molar-refractivity contribution < 1.29 is 0 Å². The zero-order chi connectivity index (χ0) is 8.27. The Morgan fingerprint density at radius 3 is 2.82 bits per heavy atom. The minimum Gasteiger partial charge on any atom is -0.324 e.